The average Bonchev–Trinajstić information content (AvgIpc) is 2.99. The third-order valence-corrected chi connectivity index (χ3v) is 5.05. The van der Waals surface area contributed by atoms with Crippen LogP contribution in [0.5, 0.6) is 0 Å². The molecule has 1 nitrogen and oxygen atoms in total. The second kappa shape index (κ2) is 7.02. The number of nitrogens with one attached hydrogen (secondary N) is 1. The highest BCUT2D eigenvalue weighted by Crippen LogP contribution is 2.38. The number of rotatable bonds is 5. The monoisotopic (exact) mass is 313 g/mol. The highest BCUT2D eigenvalue weighted by molar-refractivity contribution is 5.37. The fourth-order valence-electron chi connectivity index (χ4n) is 3.88. The van der Waals surface area contributed by atoms with E-state index >= 15 is 0 Å². The molecule has 2 unspecified atom stereocenters. The second-order valence-corrected chi connectivity index (χ2v) is 6.70. The van der Waals surface area contributed by atoms with Gasteiger partial charge in [0.2, 0.25) is 0 Å². The van der Waals surface area contributed by atoms with Crippen molar-refractivity contribution >= 4 is 0 Å². The van der Waals surface area contributed by atoms with E-state index in [1.807, 2.05) is 0 Å². The third-order valence-electron chi connectivity index (χ3n) is 5.05. The van der Waals surface area contributed by atoms with Gasteiger partial charge in [-0.1, -0.05) is 84.9 Å². The van der Waals surface area contributed by atoms with Gasteiger partial charge >= 0.3 is 0 Å². The molecule has 1 aliphatic carbocycles. The fourth-order valence-corrected chi connectivity index (χ4v) is 3.88. The number of fused-ring (bicyclic) bond motifs is 1. The maximum atomic E-state index is 3.82. The van der Waals surface area contributed by atoms with Crippen molar-refractivity contribution in [3.8, 4) is 0 Å². The Labute approximate surface area is 144 Å². The van der Waals surface area contributed by atoms with Crippen LogP contribution in [0.2, 0.25) is 0 Å². The van der Waals surface area contributed by atoms with E-state index in [4.69, 9.17) is 0 Å². The predicted molar refractivity (Wildman–Crippen MR) is 99.8 cm³/mol. The smallest absolute Gasteiger partial charge is 0.0360 e. The molecule has 0 saturated carbocycles. The fraction of sp³-hybridized carbons (Fsp3) is 0.217. The van der Waals surface area contributed by atoms with Crippen LogP contribution in [-0.2, 0) is 19.4 Å². The van der Waals surface area contributed by atoms with Gasteiger partial charge in [-0.05, 0) is 41.0 Å². The molecule has 0 aromatic heterocycles. The van der Waals surface area contributed by atoms with Crippen LogP contribution in [0.25, 0.3) is 0 Å². The predicted octanol–water partition coefficient (Wildman–Crippen LogP) is 4.93. The summed E-state index contributed by atoms with van der Waals surface area (Å²) >= 11 is 0. The summed E-state index contributed by atoms with van der Waals surface area (Å²) in [5.41, 5.74) is 5.76. The van der Waals surface area contributed by atoms with Crippen molar-refractivity contribution < 1.29 is 0 Å². The SMILES string of the molecule is c1ccc(CNC2c3ccccc3CC2Cc2ccccc2)cc1. The molecule has 0 heterocycles. The standard InChI is InChI=1S/C23H23N/c1-3-9-18(10-4-1)15-21-16-20-13-7-8-14-22(20)23(21)24-17-19-11-5-2-6-12-19/h1-14,21,23-24H,15-17H2. The first-order valence-electron chi connectivity index (χ1n) is 8.79. The molecule has 0 radical (unpaired) electrons. The van der Waals surface area contributed by atoms with E-state index in [-0.39, 0.29) is 0 Å². The molecular weight excluding hydrogens is 290 g/mol. The van der Waals surface area contributed by atoms with E-state index in [1.165, 1.54) is 22.3 Å². The summed E-state index contributed by atoms with van der Waals surface area (Å²) < 4.78 is 0. The second-order valence-electron chi connectivity index (χ2n) is 6.70. The Morgan fingerprint density at radius 1 is 0.708 bits per heavy atom. The first-order chi connectivity index (χ1) is 11.9. The lowest BCUT2D eigenvalue weighted by atomic mass is 9.92. The summed E-state index contributed by atoms with van der Waals surface area (Å²) in [4.78, 5) is 0. The largest absolute Gasteiger partial charge is 0.306 e. The molecule has 120 valence electrons. The minimum Gasteiger partial charge on any atom is -0.306 e. The molecule has 4 rings (SSSR count). The van der Waals surface area contributed by atoms with Crippen molar-refractivity contribution in [3.05, 3.63) is 107 Å². The van der Waals surface area contributed by atoms with Gasteiger partial charge in [0.25, 0.3) is 0 Å². The van der Waals surface area contributed by atoms with E-state index in [0.29, 0.717) is 12.0 Å². The van der Waals surface area contributed by atoms with Crippen molar-refractivity contribution in [1.82, 2.24) is 5.32 Å². The molecule has 24 heavy (non-hydrogen) atoms. The maximum Gasteiger partial charge on any atom is 0.0360 e. The van der Waals surface area contributed by atoms with Crippen LogP contribution in [0.3, 0.4) is 0 Å². The number of benzene rings is 3. The van der Waals surface area contributed by atoms with Crippen LogP contribution in [0.4, 0.5) is 0 Å². The highest BCUT2D eigenvalue weighted by Gasteiger charge is 2.31. The molecule has 3 aromatic rings. The van der Waals surface area contributed by atoms with Crippen molar-refractivity contribution in [1.29, 1.82) is 0 Å². The molecular formula is C23H23N. The topological polar surface area (TPSA) is 12.0 Å². The van der Waals surface area contributed by atoms with Gasteiger partial charge in [0, 0.05) is 12.6 Å². The summed E-state index contributed by atoms with van der Waals surface area (Å²) in [7, 11) is 0. The first-order valence-corrected chi connectivity index (χ1v) is 8.79. The van der Waals surface area contributed by atoms with Gasteiger partial charge in [-0.2, -0.15) is 0 Å². The lowest BCUT2D eigenvalue weighted by Crippen LogP contribution is -2.26. The molecule has 0 fully saturated rings. The van der Waals surface area contributed by atoms with Crippen molar-refractivity contribution in [2.24, 2.45) is 5.92 Å². The summed E-state index contributed by atoms with van der Waals surface area (Å²) in [6.07, 6.45) is 2.29. The zero-order chi connectivity index (χ0) is 16.2. The van der Waals surface area contributed by atoms with Crippen LogP contribution in [0.15, 0.2) is 84.9 Å². The molecule has 0 amide bonds. The molecule has 1 heteroatoms. The van der Waals surface area contributed by atoms with Crippen LogP contribution < -0.4 is 5.32 Å². The molecule has 0 spiro atoms. The lowest BCUT2D eigenvalue weighted by molar-refractivity contribution is 0.385. The molecule has 1 N–H and O–H groups in total. The zero-order valence-electron chi connectivity index (χ0n) is 13.9. The van der Waals surface area contributed by atoms with Gasteiger partial charge in [-0.25, -0.2) is 0 Å². The summed E-state index contributed by atoms with van der Waals surface area (Å²) in [6, 6.07) is 30.9. The minimum atomic E-state index is 0.432. The van der Waals surface area contributed by atoms with Gasteiger partial charge < -0.3 is 5.32 Å². The Hall–Kier alpha value is -2.38. The highest BCUT2D eigenvalue weighted by atomic mass is 14.9. The van der Waals surface area contributed by atoms with Crippen LogP contribution >= 0.6 is 0 Å². The maximum absolute atomic E-state index is 3.82. The molecule has 0 aliphatic heterocycles. The number of hydrogen-bond donors (Lipinski definition) is 1. The Bertz CT molecular complexity index is 779. The molecule has 0 bridgehead atoms. The van der Waals surface area contributed by atoms with Crippen LogP contribution in [0, 0.1) is 5.92 Å². The minimum absolute atomic E-state index is 0.432. The molecule has 2 atom stereocenters. The van der Waals surface area contributed by atoms with Crippen molar-refractivity contribution in [3.63, 3.8) is 0 Å². The summed E-state index contributed by atoms with van der Waals surface area (Å²) in [5.74, 6) is 0.619. The summed E-state index contributed by atoms with van der Waals surface area (Å²) in [6.45, 7) is 0.922. The van der Waals surface area contributed by atoms with E-state index in [1.54, 1.807) is 0 Å². The Morgan fingerprint density at radius 3 is 2.08 bits per heavy atom. The van der Waals surface area contributed by atoms with Gasteiger partial charge in [0.05, 0.1) is 0 Å². The Balaban J connectivity index is 1.54. The molecule has 1 aliphatic rings. The first kappa shape index (κ1) is 15.2. The number of hydrogen-bond acceptors (Lipinski definition) is 1. The van der Waals surface area contributed by atoms with Gasteiger partial charge in [0.15, 0.2) is 0 Å². The lowest BCUT2D eigenvalue weighted by Gasteiger charge is -2.22. The van der Waals surface area contributed by atoms with Gasteiger partial charge in [0.1, 0.15) is 0 Å². The summed E-state index contributed by atoms with van der Waals surface area (Å²) in [5, 5.41) is 3.82. The third kappa shape index (κ3) is 3.27. The van der Waals surface area contributed by atoms with Gasteiger partial charge in [-0.15, -0.1) is 0 Å². The zero-order valence-corrected chi connectivity index (χ0v) is 13.9. The average molecular weight is 313 g/mol. The van der Waals surface area contributed by atoms with Crippen LogP contribution in [-0.4, -0.2) is 0 Å². The van der Waals surface area contributed by atoms with Crippen molar-refractivity contribution in [2.75, 3.05) is 0 Å². The Morgan fingerprint density at radius 2 is 1.33 bits per heavy atom. The van der Waals surface area contributed by atoms with E-state index < -0.39 is 0 Å². The van der Waals surface area contributed by atoms with Crippen LogP contribution in [0.1, 0.15) is 28.3 Å². The van der Waals surface area contributed by atoms with E-state index in [2.05, 4.69) is 90.2 Å². The molecule has 3 aromatic carbocycles. The van der Waals surface area contributed by atoms with E-state index in [9.17, 15) is 0 Å². The van der Waals surface area contributed by atoms with Crippen molar-refractivity contribution in [2.45, 2.75) is 25.4 Å². The van der Waals surface area contributed by atoms with E-state index in [0.717, 1.165) is 19.4 Å². The Kier molecular flexibility index (Phi) is 4.44. The normalized spacial score (nSPS) is 19.2. The molecule has 0 saturated heterocycles. The van der Waals surface area contributed by atoms with Gasteiger partial charge in [-0.3, -0.25) is 0 Å². The quantitative estimate of drug-likeness (QED) is 0.704.